The van der Waals surface area contributed by atoms with Crippen molar-refractivity contribution in [3.05, 3.63) is 18.1 Å². The minimum absolute atomic E-state index is 0.139. The quantitative estimate of drug-likeness (QED) is 0.819. The van der Waals surface area contributed by atoms with E-state index in [-0.39, 0.29) is 6.10 Å². The summed E-state index contributed by atoms with van der Waals surface area (Å²) in [6.07, 6.45) is 6.75. The van der Waals surface area contributed by atoms with E-state index in [1.165, 1.54) is 0 Å². The van der Waals surface area contributed by atoms with E-state index in [0.717, 1.165) is 50.2 Å². The first-order valence-corrected chi connectivity index (χ1v) is 6.52. The second-order valence-electron chi connectivity index (χ2n) is 4.78. The van der Waals surface area contributed by atoms with E-state index in [1.807, 2.05) is 6.07 Å². The van der Waals surface area contributed by atoms with Gasteiger partial charge in [-0.25, -0.2) is 9.97 Å². The summed E-state index contributed by atoms with van der Waals surface area (Å²) in [5.74, 6) is 1.25. The minimum atomic E-state index is -0.139. The molecule has 0 aliphatic heterocycles. The van der Waals surface area contributed by atoms with Crippen molar-refractivity contribution in [2.75, 3.05) is 11.9 Å². The van der Waals surface area contributed by atoms with Gasteiger partial charge in [-0.05, 0) is 19.3 Å². The molecule has 2 rings (SSSR count). The molecule has 4 nitrogen and oxygen atoms in total. The predicted molar refractivity (Wildman–Crippen MR) is 67.9 cm³/mol. The van der Waals surface area contributed by atoms with E-state index in [4.69, 9.17) is 0 Å². The third kappa shape index (κ3) is 3.40. The molecular weight excluding hydrogens is 214 g/mol. The molecule has 94 valence electrons. The molecule has 0 aromatic carbocycles. The van der Waals surface area contributed by atoms with Gasteiger partial charge in [0.15, 0.2) is 0 Å². The van der Waals surface area contributed by atoms with Crippen LogP contribution in [0.2, 0.25) is 0 Å². The number of aromatic nitrogens is 2. The minimum Gasteiger partial charge on any atom is -0.393 e. The second-order valence-corrected chi connectivity index (χ2v) is 4.78. The lowest BCUT2D eigenvalue weighted by molar-refractivity contribution is 0.138. The van der Waals surface area contributed by atoms with Gasteiger partial charge in [0.2, 0.25) is 0 Å². The van der Waals surface area contributed by atoms with Crippen molar-refractivity contribution >= 4 is 5.82 Å². The van der Waals surface area contributed by atoms with Gasteiger partial charge in [-0.2, -0.15) is 0 Å². The lowest BCUT2D eigenvalue weighted by atomic mass is 10.1. The first kappa shape index (κ1) is 12.3. The van der Waals surface area contributed by atoms with Crippen LogP contribution in [0.15, 0.2) is 12.4 Å². The van der Waals surface area contributed by atoms with Gasteiger partial charge in [0.05, 0.1) is 6.10 Å². The molecule has 2 atom stereocenters. The molecule has 0 radical (unpaired) electrons. The Hall–Kier alpha value is -1.16. The van der Waals surface area contributed by atoms with Crippen molar-refractivity contribution < 1.29 is 5.11 Å². The van der Waals surface area contributed by atoms with Crippen LogP contribution >= 0.6 is 0 Å². The van der Waals surface area contributed by atoms with E-state index in [2.05, 4.69) is 22.2 Å². The molecule has 1 aromatic heterocycles. The molecular formula is C13H21N3O. The molecule has 2 N–H and O–H groups in total. The Labute approximate surface area is 102 Å². The summed E-state index contributed by atoms with van der Waals surface area (Å²) in [4.78, 5) is 8.43. The van der Waals surface area contributed by atoms with Crippen LogP contribution in [-0.2, 0) is 6.42 Å². The number of nitrogens with zero attached hydrogens (tertiary/aromatic N) is 2. The number of rotatable bonds is 5. The lowest BCUT2D eigenvalue weighted by Gasteiger charge is -2.15. The molecule has 0 spiro atoms. The zero-order valence-corrected chi connectivity index (χ0v) is 10.4. The van der Waals surface area contributed by atoms with Crippen LogP contribution in [0.3, 0.4) is 0 Å². The van der Waals surface area contributed by atoms with Crippen molar-refractivity contribution in [1.82, 2.24) is 9.97 Å². The van der Waals surface area contributed by atoms with Crippen LogP contribution in [0.1, 0.15) is 38.3 Å². The molecule has 1 saturated carbocycles. The zero-order chi connectivity index (χ0) is 12.1. The SMILES string of the molecule is CCCc1cc(NCC2CCCC2O)ncn1. The van der Waals surface area contributed by atoms with Crippen LogP contribution in [0.5, 0.6) is 0 Å². The van der Waals surface area contributed by atoms with E-state index < -0.39 is 0 Å². The normalized spacial score (nSPS) is 23.9. The third-order valence-electron chi connectivity index (χ3n) is 3.39. The Bertz CT molecular complexity index is 356. The van der Waals surface area contributed by atoms with Gasteiger partial charge >= 0.3 is 0 Å². The average molecular weight is 235 g/mol. The maximum Gasteiger partial charge on any atom is 0.129 e. The van der Waals surface area contributed by atoms with Crippen LogP contribution in [0.4, 0.5) is 5.82 Å². The standard InChI is InChI=1S/C13H21N3O/c1-2-4-11-7-13(16-9-15-11)14-8-10-5-3-6-12(10)17/h7,9-10,12,17H,2-6,8H2,1H3,(H,14,15,16). The van der Waals surface area contributed by atoms with E-state index in [1.54, 1.807) is 6.33 Å². The van der Waals surface area contributed by atoms with Crippen molar-refractivity contribution in [3.8, 4) is 0 Å². The Morgan fingerprint density at radius 1 is 1.41 bits per heavy atom. The van der Waals surface area contributed by atoms with Crippen LogP contribution in [0, 0.1) is 5.92 Å². The molecule has 1 heterocycles. The molecule has 0 saturated heterocycles. The number of aliphatic hydroxyl groups is 1. The number of hydrogen-bond acceptors (Lipinski definition) is 4. The fourth-order valence-electron chi connectivity index (χ4n) is 2.38. The van der Waals surface area contributed by atoms with Gasteiger partial charge in [0.25, 0.3) is 0 Å². The predicted octanol–water partition coefficient (Wildman–Crippen LogP) is 2.00. The van der Waals surface area contributed by atoms with E-state index in [0.29, 0.717) is 5.92 Å². The fraction of sp³-hybridized carbons (Fsp3) is 0.692. The van der Waals surface area contributed by atoms with Crippen molar-refractivity contribution in [1.29, 1.82) is 0 Å². The highest BCUT2D eigenvalue weighted by atomic mass is 16.3. The summed E-state index contributed by atoms with van der Waals surface area (Å²) in [5, 5.41) is 13.0. The van der Waals surface area contributed by atoms with Gasteiger partial charge in [0, 0.05) is 24.2 Å². The topological polar surface area (TPSA) is 58.0 Å². The molecule has 17 heavy (non-hydrogen) atoms. The van der Waals surface area contributed by atoms with Crippen molar-refractivity contribution in [3.63, 3.8) is 0 Å². The summed E-state index contributed by atoms with van der Waals surface area (Å²) in [7, 11) is 0. The molecule has 0 bridgehead atoms. The smallest absolute Gasteiger partial charge is 0.129 e. The highest BCUT2D eigenvalue weighted by Gasteiger charge is 2.24. The molecule has 1 fully saturated rings. The second kappa shape index (κ2) is 5.96. The molecule has 2 unspecified atom stereocenters. The van der Waals surface area contributed by atoms with Gasteiger partial charge in [-0.15, -0.1) is 0 Å². The highest BCUT2D eigenvalue weighted by Crippen LogP contribution is 2.25. The van der Waals surface area contributed by atoms with E-state index in [9.17, 15) is 5.11 Å². The maximum absolute atomic E-state index is 9.73. The largest absolute Gasteiger partial charge is 0.393 e. The van der Waals surface area contributed by atoms with Crippen molar-refractivity contribution in [2.45, 2.75) is 45.1 Å². The number of aliphatic hydroxyl groups excluding tert-OH is 1. The molecule has 0 amide bonds. The van der Waals surface area contributed by atoms with E-state index >= 15 is 0 Å². The summed E-state index contributed by atoms with van der Waals surface area (Å²) < 4.78 is 0. The fourth-order valence-corrected chi connectivity index (χ4v) is 2.38. The number of nitrogens with one attached hydrogen (secondary N) is 1. The summed E-state index contributed by atoms with van der Waals surface area (Å²) in [6.45, 7) is 2.95. The van der Waals surface area contributed by atoms with Crippen LogP contribution in [0.25, 0.3) is 0 Å². The maximum atomic E-state index is 9.73. The number of hydrogen-bond donors (Lipinski definition) is 2. The average Bonchev–Trinajstić information content (AvgIpc) is 2.73. The van der Waals surface area contributed by atoms with Crippen molar-refractivity contribution in [2.24, 2.45) is 5.92 Å². The Morgan fingerprint density at radius 3 is 3.00 bits per heavy atom. The van der Waals surface area contributed by atoms with Gasteiger partial charge < -0.3 is 10.4 Å². The summed E-state index contributed by atoms with van der Waals surface area (Å²) >= 11 is 0. The van der Waals surface area contributed by atoms with Crippen LogP contribution in [-0.4, -0.2) is 27.7 Å². The van der Waals surface area contributed by atoms with Gasteiger partial charge in [-0.1, -0.05) is 19.8 Å². The molecule has 1 aliphatic rings. The molecule has 4 heteroatoms. The first-order valence-electron chi connectivity index (χ1n) is 6.52. The molecule has 1 aliphatic carbocycles. The highest BCUT2D eigenvalue weighted by molar-refractivity contribution is 5.34. The Kier molecular flexibility index (Phi) is 4.31. The van der Waals surface area contributed by atoms with Crippen LogP contribution < -0.4 is 5.32 Å². The molecule has 1 aromatic rings. The van der Waals surface area contributed by atoms with Gasteiger partial charge in [0.1, 0.15) is 12.1 Å². The summed E-state index contributed by atoms with van der Waals surface area (Å²) in [5.41, 5.74) is 1.08. The number of anilines is 1. The zero-order valence-electron chi connectivity index (χ0n) is 10.4. The first-order chi connectivity index (χ1) is 8.29. The Morgan fingerprint density at radius 2 is 2.29 bits per heavy atom. The third-order valence-corrected chi connectivity index (χ3v) is 3.39. The lowest BCUT2D eigenvalue weighted by Crippen LogP contribution is -2.22. The van der Waals surface area contributed by atoms with Gasteiger partial charge in [-0.3, -0.25) is 0 Å². The summed E-state index contributed by atoms with van der Waals surface area (Å²) in [6, 6.07) is 2.00. The monoisotopic (exact) mass is 235 g/mol. The number of aryl methyl sites for hydroxylation is 1. The Balaban J connectivity index is 1.87.